The predicted molar refractivity (Wildman–Crippen MR) is 53.4 cm³/mol. The number of rotatable bonds is 0. The second kappa shape index (κ2) is 2.75. The fraction of sp³-hybridized carbons (Fsp3) is 0.125. The Morgan fingerprint density at radius 3 is 2.92 bits per heavy atom. The highest BCUT2D eigenvalue weighted by molar-refractivity contribution is 9.10. The molecule has 0 radical (unpaired) electrons. The fourth-order valence-corrected chi connectivity index (χ4v) is 1.92. The molecule has 4 heteroatoms. The molecule has 2 rings (SSSR count). The molecule has 1 aromatic carbocycles. The number of nitrogens with zero attached hydrogens (tertiary/aromatic N) is 2. The van der Waals surface area contributed by atoms with Gasteiger partial charge in [-0.1, -0.05) is 27.5 Å². The molecule has 62 valence electrons. The summed E-state index contributed by atoms with van der Waals surface area (Å²) in [6, 6.07) is 3.78. The number of halogens is 2. The first-order chi connectivity index (χ1) is 5.70. The van der Waals surface area contributed by atoms with Crippen molar-refractivity contribution in [2.24, 2.45) is 7.05 Å². The minimum atomic E-state index is 0.730. The maximum Gasteiger partial charge on any atom is 0.0876 e. The number of benzene rings is 1. The van der Waals surface area contributed by atoms with Crippen molar-refractivity contribution in [1.82, 2.24) is 9.78 Å². The smallest absolute Gasteiger partial charge is 0.0876 e. The third-order valence-electron chi connectivity index (χ3n) is 1.80. The predicted octanol–water partition coefficient (Wildman–Crippen LogP) is 2.99. The monoisotopic (exact) mass is 244 g/mol. The molecule has 0 unspecified atom stereocenters. The maximum atomic E-state index is 5.99. The molecule has 0 aliphatic rings. The molecule has 0 amide bonds. The fourth-order valence-electron chi connectivity index (χ4n) is 1.21. The molecule has 0 fully saturated rings. The van der Waals surface area contributed by atoms with E-state index in [1.54, 1.807) is 10.9 Å². The zero-order valence-electron chi connectivity index (χ0n) is 6.38. The highest BCUT2D eigenvalue weighted by atomic mass is 79.9. The van der Waals surface area contributed by atoms with Crippen molar-refractivity contribution >= 4 is 38.4 Å². The Morgan fingerprint density at radius 1 is 1.50 bits per heavy atom. The van der Waals surface area contributed by atoms with Gasteiger partial charge in [0.1, 0.15) is 0 Å². The lowest BCUT2D eigenvalue weighted by Crippen LogP contribution is -1.89. The molecule has 0 aliphatic carbocycles. The average Bonchev–Trinajstić information content (AvgIpc) is 2.42. The van der Waals surface area contributed by atoms with Crippen LogP contribution in [0.4, 0.5) is 0 Å². The summed E-state index contributed by atoms with van der Waals surface area (Å²) in [6.07, 6.45) is 1.80. The molecule has 2 aromatic rings. The summed E-state index contributed by atoms with van der Waals surface area (Å²) in [7, 11) is 1.88. The quantitative estimate of drug-likeness (QED) is 0.698. The van der Waals surface area contributed by atoms with Crippen LogP contribution in [-0.2, 0) is 7.05 Å². The van der Waals surface area contributed by atoms with E-state index in [4.69, 9.17) is 11.6 Å². The SMILES string of the molecule is Cn1ncc2c(Br)ccc(Cl)c21. The van der Waals surface area contributed by atoms with Gasteiger partial charge in [-0.25, -0.2) is 0 Å². The number of hydrogen-bond donors (Lipinski definition) is 0. The van der Waals surface area contributed by atoms with Gasteiger partial charge in [0.2, 0.25) is 0 Å². The van der Waals surface area contributed by atoms with Crippen LogP contribution in [0.2, 0.25) is 5.02 Å². The first-order valence-electron chi connectivity index (χ1n) is 3.46. The Labute approximate surface area is 83.3 Å². The Balaban J connectivity index is 2.98. The van der Waals surface area contributed by atoms with Gasteiger partial charge >= 0.3 is 0 Å². The highest BCUT2D eigenvalue weighted by Gasteiger charge is 2.06. The lowest BCUT2D eigenvalue weighted by molar-refractivity contribution is 0.797. The van der Waals surface area contributed by atoms with Gasteiger partial charge in [-0.3, -0.25) is 4.68 Å². The molecular weight excluding hydrogens is 239 g/mol. The number of hydrogen-bond acceptors (Lipinski definition) is 1. The van der Waals surface area contributed by atoms with Gasteiger partial charge in [0.15, 0.2) is 0 Å². The summed E-state index contributed by atoms with van der Waals surface area (Å²) in [5.74, 6) is 0. The number of fused-ring (bicyclic) bond motifs is 1. The third kappa shape index (κ3) is 1.04. The van der Waals surface area contributed by atoms with Crippen molar-refractivity contribution in [1.29, 1.82) is 0 Å². The molecule has 12 heavy (non-hydrogen) atoms. The minimum absolute atomic E-state index is 0.730. The van der Waals surface area contributed by atoms with E-state index in [-0.39, 0.29) is 0 Å². The van der Waals surface area contributed by atoms with Gasteiger partial charge in [-0.05, 0) is 12.1 Å². The Morgan fingerprint density at radius 2 is 2.25 bits per heavy atom. The van der Waals surface area contributed by atoms with E-state index in [1.165, 1.54) is 0 Å². The summed E-state index contributed by atoms with van der Waals surface area (Å²) in [5.41, 5.74) is 0.964. The highest BCUT2D eigenvalue weighted by Crippen LogP contribution is 2.28. The van der Waals surface area contributed by atoms with Crippen molar-refractivity contribution in [3.63, 3.8) is 0 Å². The normalized spacial score (nSPS) is 10.9. The van der Waals surface area contributed by atoms with Crippen molar-refractivity contribution in [3.05, 3.63) is 27.8 Å². The standard InChI is InChI=1S/C8H6BrClN2/c1-12-8-5(4-11-12)6(9)2-3-7(8)10/h2-4H,1H3. The van der Waals surface area contributed by atoms with Crippen LogP contribution >= 0.6 is 27.5 Å². The number of aromatic nitrogens is 2. The second-order valence-electron chi connectivity index (χ2n) is 2.56. The molecule has 0 aliphatic heterocycles. The van der Waals surface area contributed by atoms with Crippen LogP contribution in [0.1, 0.15) is 0 Å². The molecule has 0 N–H and O–H groups in total. The van der Waals surface area contributed by atoms with Gasteiger partial charge in [0.25, 0.3) is 0 Å². The summed E-state index contributed by atoms with van der Waals surface area (Å²) in [4.78, 5) is 0. The van der Waals surface area contributed by atoms with Crippen LogP contribution in [0, 0.1) is 0 Å². The van der Waals surface area contributed by atoms with Crippen LogP contribution in [0.3, 0.4) is 0 Å². The van der Waals surface area contributed by atoms with Crippen LogP contribution in [0.5, 0.6) is 0 Å². The topological polar surface area (TPSA) is 17.8 Å². The van der Waals surface area contributed by atoms with Crippen LogP contribution in [0.15, 0.2) is 22.8 Å². The minimum Gasteiger partial charge on any atom is -0.266 e. The molecule has 0 bridgehead atoms. The summed E-state index contributed by atoms with van der Waals surface area (Å²) >= 11 is 9.43. The van der Waals surface area contributed by atoms with Gasteiger partial charge in [-0.15, -0.1) is 0 Å². The molecule has 0 spiro atoms. The molecule has 0 saturated carbocycles. The Hall–Kier alpha value is -0.540. The van der Waals surface area contributed by atoms with Gasteiger partial charge in [-0.2, -0.15) is 5.10 Å². The molecule has 1 aromatic heterocycles. The van der Waals surface area contributed by atoms with Crippen molar-refractivity contribution in [3.8, 4) is 0 Å². The van der Waals surface area contributed by atoms with E-state index < -0.39 is 0 Å². The van der Waals surface area contributed by atoms with Crippen LogP contribution in [0.25, 0.3) is 10.9 Å². The first-order valence-corrected chi connectivity index (χ1v) is 4.63. The molecule has 2 nitrogen and oxygen atoms in total. The van der Waals surface area contributed by atoms with Gasteiger partial charge < -0.3 is 0 Å². The van der Waals surface area contributed by atoms with Crippen LogP contribution < -0.4 is 0 Å². The second-order valence-corrected chi connectivity index (χ2v) is 3.82. The third-order valence-corrected chi connectivity index (χ3v) is 2.79. The van der Waals surface area contributed by atoms with Crippen molar-refractivity contribution in [2.45, 2.75) is 0 Å². The number of aryl methyl sites for hydroxylation is 1. The zero-order valence-corrected chi connectivity index (χ0v) is 8.72. The Bertz CT molecular complexity index is 436. The van der Waals surface area contributed by atoms with E-state index in [0.717, 1.165) is 20.4 Å². The summed E-state index contributed by atoms with van der Waals surface area (Å²) in [6.45, 7) is 0. The molecular formula is C8H6BrClN2. The largest absolute Gasteiger partial charge is 0.266 e. The van der Waals surface area contributed by atoms with Gasteiger partial charge in [0, 0.05) is 16.9 Å². The average molecular weight is 246 g/mol. The van der Waals surface area contributed by atoms with E-state index in [0.29, 0.717) is 0 Å². The van der Waals surface area contributed by atoms with E-state index in [1.807, 2.05) is 19.2 Å². The zero-order chi connectivity index (χ0) is 8.72. The molecule has 0 atom stereocenters. The molecule has 1 heterocycles. The summed E-state index contributed by atoms with van der Waals surface area (Å²) < 4.78 is 2.79. The van der Waals surface area contributed by atoms with Crippen molar-refractivity contribution < 1.29 is 0 Å². The Kier molecular flexibility index (Phi) is 1.85. The van der Waals surface area contributed by atoms with Crippen LogP contribution in [-0.4, -0.2) is 9.78 Å². The lowest BCUT2D eigenvalue weighted by Gasteiger charge is -1.98. The van der Waals surface area contributed by atoms with Crippen molar-refractivity contribution in [2.75, 3.05) is 0 Å². The lowest BCUT2D eigenvalue weighted by atomic mass is 10.2. The molecule has 0 saturated heterocycles. The maximum absolute atomic E-state index is 5.99. The van der Waals surface area contributed by atoms with E-state index >= 15 is 0 Å². The summed E-state index contributed by atoms with van der Waals surface area (Å²) in [5, 5.41) is 5.90. The van der Waals surface area contributed by atoms with E-state index in [9.17, 15) is 0 Å². The van der Waals surface area contributed by atoms with E-state index in [2.05, 4.69) is 21.0 Å². The first kappa shape index (κ1) is 8.08. The van der Waals surface area contributed by atoms with Gasteiger partial charge in [0.05, 0.1) is 16.7 Å².